The van der Waals surface area contributed by atoms with E-state index in [4.69, 9.17) is 9.47 Å². The summed E-state index contributed by atoms with van der Waals surface area (Å²) in [4.78, 5) is 4.03. The van der Waals surface area contributed by atoms with Crippen LogP contribution in [0.2, 0.25) is 0 Å². The first kappa shape index (κ1) is 24.4. The predicted octanol–water partition coefficient (Wildman–Crippen LogP) is 5.56. The molecule has 176 valence electrons. The highest BCUT2D eigenvalue weighted by Crippen LogP contribution is 2.33. The van der Waals surface area contributed by atoms with Gasteiger partial charge in [0.1, 0.15) is 5.75 Å². The highest BCUT2D eigenvalue weighted by atomic mass is 32.2. The Labute approximate surface area is 190 Å². The molecule has 0 aliphatic rings. The van der Waals surface area contributed by atoms with Gasteiger partial charge in [0.2, 0.25) is 10.0 Å². The van der Waals surface area contributed by atoms with Crippen LogP contribution in [0.5, 0.6) is 17.2 Å². The normalized spacial score (nSPS) is 11.9. The van der Waals surface area contributed by atoms with E-state index in [2.05, 4.69) is 4.98 Å². The first-order valence-electron chi connectivity index (χ1n) is 10.0. The summed E-state index contributed by atoms with van der Waals surface area (Å²) in [6, 6.07) is 17.6. The maximum atomic E-state index is 12.9. The Bertz CT molecular complexity index is 1150. The minimum Gasteiger partial charge on any atom is -0.487 e. The van der Waals surface area contributed by atoms with Gasteiger partial charge >= 0.3 is 6.18 Å². The van der Waals surface area contributed by atoms with Gasteiger partial charge in [0, 0.05) is 6.20 Å². The third kappa shape index (κ3) is 7.11. The van der Waals surface area contributed by atoms with Crippen molar-refractivity contribution in [2.45, 2.75) is 32.7 Å². The Morgan fingerprint density at radius 1 is 0.939 bits per heavy atom. The van der Waals surface area contributed by atoms with Crippen molar-refractivity contribution in [3.63, 3.8) is 0 Å². The molecule has 10 heteroatoms. The monoisotopic (exact) mass is 480 g/mol. The highest BCUT2D eigenvalue weighted by molar-refractivity contribution is 7.92. The van der Waals surface area contributed by atoms with E-state index in [1.54, 1.807) is 42.5 Å². The zero-order chi connectivity index (χ0) is 24.1. The second-order valence-electron chi connectivity index (χ2n) is 7.41. The average Bonchev–Trinajstić information content (AvgIpc) is 2.73. The van der Waals surface area contributed by atoms with Gasteiger partial charge in [-0.2, -0.15) is 13.2 Å². The van der Waals surface area contributed by atoms with Crippen molar-refractivity contribution in [1.82, 2.24) is 4.98 Å². The van der Waals surface area contributed by atoms with Crippen molar-refractivity contribution in [3.8, 4) is 17.2 Å². The van der Waals surface area contributed by atoms with Gasteiger partial charge in [-0.3, -0.25) is 9.29 Å². The molecule has 1 heterocycles. The number of rotatable bonds is 9. The molecule has 0 saturated carbocycles. The maximum absolute atomic E-state index is 12.9. The third-order valence-corrected chi connectivity index (χ3v) is 5.98. The Balaban J connectivity index is 1.88. The molecule has 0 atom stereocenters. The number of alkyl halides is 3. The van der Waals surface area contributed by atoms with Gasteiger partial charge in [-0.1, -0.05) is 18.2 Å². The summed E-state index contributed by atoms with van der Waals surface area (Å²) in [5, 5.41) is 0. The fourth-order valence-corrected chi connectivity index (χ4v) is 4.31. The summed E-state index contributed by atoms with van der Waals surface area (Å²) in [7, 11) is -4.72. The van der Waals surface area contributed by atoms with Gasteiger partial charge in [0.05, 0.1) is 24.0 Å². The van der Waals surface area contributed by atoms with Crippen LogP contribution in [0.3, 0.4) is 0 Å². The molecule has 0 unspecified atom stereocenters. The maximum Gasteiger partial charge on any atom is 0.404 e. The minimum atomic E-state index is -4.88. The summed E-state index contributed by atoms with van der Waals surface area (Å²) in [5.74, 6) is -0.634. The largest absolute Gasteiger partial charge is 0.487 e. The van der Waals surface area contributed by atoms with Crippen LogP contribution in [-0.4, -0.2) is 31.4 Å². The summed E-state index contributed by atoms with van der Waals surface area (Å²) in [5.41, 5.74) is 0.368. The highest BCUT2D eigenvalue weighted by Gasteiger charge is 2.38. The van der Waals surface area contributed by atoms with Gasteiger partial charge in [0.25, 0.3) is 0 Å². The molecule has 0 amide bonds. The molecule has 0 N–H and O–H groups in total. The van der Waals surface area contributed by atoms with E-state index < -0.39 is 22.0 Å². The first-order chi connectivity index (χ1) is 15.5. The van der Waals surface area contributed by atoms with Gasteiger partial charge in [-0.25, -0.2) is 8.42 Å². The van der Waals surface area contributed by atoms with E-state index in [9.17, 15) is 21.6 Å². The molecule has 0 bridgehead atoms. The lowest BCUT2D eigenvalue weighted by Gasteiger charge is -2.25. The Hall–Kier alpha value is -3.27. The third-order valence-electron chi connectivity index (χ3n) is 4.28. The van der Waals surface area contributed by atoms with Gasteiger partial charge in [0.15, 0.2) is 17.3 Å². The molecule has 3 rings (SSSR count). The molecule has 0 fully saturated rings. The fourth-order valence-electron chi connectivity index (χ4n) is 2.97. The van der Waals surface area contributed by atoms with Crippen molar-refractivity contribution in [2.24, 2.45) is 0 Å². The molecule has 3 aromatic rings. The second kappa shape index (κ2) is 10.1. The number of pyridine rings is 1. The predicted molar refractivity (Wildman–Crippen MR) is 119 cm³/mol. The van der Waals surface area contributed by atoms with E-state index in [0.29, 0.717) is 27.2 Å². The smallest absolute Gasteiger partial charge is 0.404 e. The van der Waals surface area contributed by atoms with Crippen LogP contribution >= 0.6 is 0 Å². The van der Waals surface area contributed by atoms with E-state index in [0.717, 1.165) is 0 Å². The van der Waals surface area contributed by atoms with E-state index in [-0.39, 0.29) is 18.3 Å². The van der Waals surface area contributed by atoms with Gasteiger partial charge < -0.3 is 9.47 Å². The number of nitrogens with zero attached hydrogens (tertiary/aromatic N) is 2. The molecule has 2 aromatic carbocycles. The number of ether oxygens (including phenoxy) is 2. The van der Waals surface area contributed by atoms with Crippen LogP contribution in [0.15, 0.2) is 72.9 Å². The molecular weight excluding hydrogens is 457 g/mol. The van der Waals surface area contributed by atoms with Crippen LogP contribution in [0.1, 0.15) is 19.5 Å². The first-order valence-corrected chi connectivity index (χ1v) is 11.6. The number of anilines is 1. The van der Waals surface area contributed by atoms with E-state index in [1.165, 1.54) is 30.5 Å². The van der Waals surface area contributed by atoms with Crippen LogP contribution in [0, 0.1) is 0 Å². The number of halogens is 3. The SMILES string of the molecule is CC(C)Oc1ccccc1Oc1ccc(N(Cc2ccccn2)S(=O)(=O)CC(F)(F)F)cc1. The van der Waals surface area contributed by atoms with Crippen molar-refractivity contribution in [2.75, 3.05) is 10.1 Å². The topological polar surface area (TPSA) is 68.7 Å². The summed E-state index contributed by atoms with van der Waals surface area (Å²) in [6.45, 7) is 3.41. The Morgan fingerprint density at radius 2 is 1.58 bits per heavy atom. The molecule has 33 heavy (non-hydrogen) atoms. The van der Waals surface area contributed by atoms with Crippen LogP contribution in [0.4, 0.5) is 18.9 Å². The van der Waals surface area contributed by atoms with Crippen molar-refractivity contribution < 1.29 is 31.1 Å². The molecular formula is C23H23F3N2O4S. The van der Waals surface area contributed by atoms with E-state index >= 15 is 0 Å². The van der Waals surface area contributed by atoms with Crippen LogP contribution in [-0.2, 0) is 16.6 Å². The standard InChI is InChI=1S/C23H23F3N2O4S/c1-17(2)31-21-8-3-4-9-22(21)32-20-12-10-19(11-13-20)28(15-18-7-5-6-14-27-18)33(29,30)16-23(24,25)26/h3-14,17H,15-16H2,1-2H3. The zero-order valence-corrected chi connectivity index (χ0v) is 18.8. The van der Waals surface area contributed by atoms with Crippen molar-refractivity contribution in [3.05, 3.63) is 78.6 Å². The summed E-state index contributed by atoms with van der Waals surface area (Å²) >= 11 is 0. The molecule has 1 aromatic heterocycles. The second-order valence-corrected chi connectivity index (χ2v) is 9.30. The Morgan fingerprint density at radius 3 is 2.15 bits per heavy atom. The number of hydrogen-bond acceptors (Lipinski definition) is 5. The fraction of sp³-hybridized carbons (Fsp3) is 0.261. The number of benzene rings is 2. The lowest BCUT2D eigenvalue weighted by atomic mass is 10.2. The van der Waals surface area contributed by atoms with E-state index in [1.807, 2.05) is 13.8 Å². The number of sulfonamides is 1. The molecule has 0 radical (unpaired) electrons. The molecule has 0 aliphatic carbocycles. The molecule has 0 spiro atoms. The minimum absolute atomic E-state index is 0.0592. The molecule has 0 saturated heterocycles. The number of hydrogen-bond donors (Lipinski definition) is 0. The molecule has 0 aliphatic heterocycles. The van der Waals surface area contributed by atoms with Crippen LogP contribution < -0.4 is 13.8 Å². The molecule has 6 nitrogen and oxygen atoms in total. The van der Waals surface area contributed by atoms with Crippen molar-refractivity contribution >= 4 is 15.7 Å². The Kier molecular flexibility index (Phi) is 7.47. The lowest BCUT2D eigenvalue weighted by molar-refractivity contribution is -0.106. The van der Waals surface area contributed by atoms with Gasteiger partial charge in [-0.05, 0) is 62.4 Å². The zero-order valence-electron chi connectivity index (χ0n) is 18.0. The van der Waals surface area contributed by atoms with Crippen molar-refractivity contribution in [1.29, 1.82) is 0 Å². The summed E-state index contributed by atoms with van der Waals surface area (Å²) < 4.78 is 76.3. The summed E-state index contributed by atoms with van der Waals surface area (Å²) in [6.07, 6.45) is -3.52. The van der Waals surface area contributed by atoms with Gasteiger partial charge in [-0.15, -0.1) is 0 Å². The average molecular weight is 481 g/mol. The number of aromatic nitrogens is 1. The number of para-hydroxylation sites is 2. The van der Waals surface area contributed by atoms with Crippen LogP contribution in [0.25, 0.3) is 0 Å². The lowest BCUT2D eigenvalue weighted by Crippen LogP contribution is -2.37. The quantitative estimate of drug-likeness (QED) is 0.401.